The Bertz CT molecular complexity index is 1560. The maximum atomic E-state index is 13.6. The molecule has 0 spiro atoms. The molecule has 1 N–H and O–H groups in total. The Kier molecular flexibility index (Phi) is 7.05. The van der Waals surface area contributed by atoms with Crippen LogP contribution in [0.25, 0.3) is 22.5 Å². The van der Waals surface area contributed by atoms with Crippen molar-refractivity contribution in [1.29, 1.82) is 0 Å². The molecule has 0 amide bonds. The highest BCUT2D eigenvalue weighted by Crippen LogP contribution is 2.33. The van der Waals surface area contributed by atoms with Crippen LogP contribution in [0.2, 0.25) is 0 Å². The molecule has 0 aliphatic rings. The van der Waals surface area contributed by atoms with Gasteiger partial charge in [0.05, 0.1) is 18.3 Å². The first-order chi connectivity index (χ1) is 18.4. The molecule has 1 atom stereocenters. The Morgan fingerprint density at radius 3 is 2.39 bits per heavy atom. The summed E-state index contributed by atoms with van der Waals surface area (Å²) in [5.74, 6) is 0.604. The maximum absolute atomic E-state index is 13.6. The summed E-state index contributed by atoms with van der Waals surface area (Å²) in [5.41, 5.74) is 6.10. The monoisotopic (exact) mass is 507 g/mol. The number of hydrogen-bond donors (Lipinski definition) is 1. The summed E-state index contributed by atoms with van der Waals surface area (Å²) in [5, 5.41) is 14.3. The van der Waals surface area contributed by atoms with E-state index in [0.29, 0.717) is 12.4 Å². The van der Waals surface area contributed by atoms with Crippen molar-refractivity contribution < 1.29 is 0 Å². The summed E-state index contributed by atoms with van der Waals surface area (Å²) in [7, 11) is 0. The second-order valence-corrected chi connectivity index (χ2v) is 10.6. The lowest BCUT2D eigenvalue weighted by atomic mass is 9.81. The first-order valence-electron chi connectivity index (χ1n) is 13.0. The third kappa shape index (κ3) is 5.07. The van der Waals surface area contributed by atoms with Crippen LogP contribution in [0.4, 0.5) is 0 Å². The van der Waals surface area contributed by atoms with Gasteiger partial charge in [-0.15, -0.1) is 5.10 Å². The lowest BCUT2D eigenvalue weighted by molar-refractivity contribution is 0.488. The average molecular weight is 508 g/mol. The van der Waals surface area contributed by atoms with E-state index in [-0.39, 0.29) is 17.1 Å². The van der Waals surface area contributed by atoms with Crippen LogP contribution in [0.15, 0.2) is 84.0 Å². The molecule has 0 radical (unpaired) electrons. The Morgan fingerprint density at radius 1 is 0.947 bits per heavy atom. The third-order valence-electron chi connectivity index (χ3n) is 6.90. The minimum atomic E-state index is -0.0267. The molecule has 1 unspecified atom stereocenters. The van der Waals surface area contributed by atoms with Crippen molar-refractivity contribution in [2.75, 3.05) is 0 Å². The van der Waals surface area contributed by atoms with Gasteiger partial charge in [-0.05, 0) is 45.0 Å². The number of benzene rings is 2. The number of hydrogen-bond acceptors (Lipinski definition) is 5. The molecule has 38 heavy (non-hydrogen) atoms. The van der Waals surface area contributed by atoms with Crippen LogP contribution in [0, 0.1) is 0 Å². The molecule has 0 fully saturated rings. The zero-order valence-corrected chi connectivity index (χ0v) is 22.3. The van der Waals surface area contributed by atoms with Crippen LogP contribution >= 0.6 is 0 Å². The van der Waals surface area contributed by atoms with E-state index < -0.39 is 0 Å². The molecule has 0 saturated heterocycles. The van der Waals surface area contributed by atoms with Crippen molar-refractivity contribution in [2.45, 2.75) is 58.5 Å². The molecule has 0 aliphatic heterocycles. The maximum Gasteiger partial charge on any atom is 0.329 e. The van der Waals surface area contributed by atoms with E-state index in [1.54, 1.807) is 4.57 Å². The lowest BCUT2D eigenvalue weighted by Crippen LogP contribution is -2.29. The van der Waals surface area contributed by atoms with Crippen molar-refractivity contribution in [3.05, 3.63) is 107 Å². The van der Waals surface area contributed by atoms with Gasteiger partial charge in [0.25, 0.3) is 0 Å². The second-order valence-electron chi connectivity index (χ2n) is 10.6. The Hall–Kier alpha value is -4.33. The molecule has 5 aromatic rings. The Labute approximate surface area is 222 Å². The molecule has 5 rings (SSSR count). The van der Waals surface area contributed by atoms with E-state index in [0.717, 1.165) is 35.2 Å². The summed E-state index contributed by atoms with van der Waals surface area (Å²) in [6.45, 7) is 9.23. The fourth-order valence-corrected chi connectivity index (χ4v) is 5.04. The number of nitrogens with one attached hydrogen (secondary N) is 1. The highest BCUT2D eigenvalue weighted by molar-refractivity contribution is 5.79. The van der Waals surface area contributed by atoms with Crippen LogP contribution in [-0.2, 0) is 12.0 Å². The van der Waals surface area contributed by atoms with E-state index >= 15 is 0 Å². The molecule has 3 heterocycles. The molecule has 8 heteroatoms. The highest BCUT2D eigenvalue weighted by Gasteiger charge is 2.24. The number of imidazole rings is 1. The fourth-order valence-electron chi connectivity index (χ4n) is 5.04. The zero-order valence-electron chi connectivity index (χ0n) is 22.3. The summed E-state index contributed by atoms with van der Waals surface area (Å²) in [6, 6.07) is 20.4. The summed E-state index contributed by atoms with van der Waals surface area (Å²) < 4.78 is 3.61. The van der Waals surface area contributed by atoms with Gasteiger partial charge < -0.3 is 0 Å². The van der Waals surface area contributed by atoms with Crippen LogP contribution in [0.5, 0.6) is 0 Å². The number of aromatic nitrogens is 7. The van der Waals surface area contributed by atoms with Gasteiger partial charge >= 0.3 is 5.69 Å². The summed E-state index contributed by atoms with van der Waals surface area (Å²) >= 11 is 0. The molecule has 0 aliphatic carbocycles. The van der Waals surface area contributed by atoms with Gasteiger partial charge in [-0.25, -0.2) is 9.89 Å². The first-order valence-corrected chi connectivity index (χ1v) is 13.0. The molecular formula is C30H33N7O. The number of tetrazole rings is 1. The largest absolute Gasteiger partial charge is 0.329 e. The topological polar surface area (TPSA) is 94.3 Å². The molecule has 194 valence electrons. The van der Waals surface area contributed by atoms with E-state index in [2.05, 4.69) is 77.6 Å². The number of nitrogens with zero attached hydrogens (tertiary/aromatic N) is 6. The summed E-state index contributed by atoms with van der Waals surface area (Å²) in [6.07, 6.45) is 7.49. The minimum absolute atomic E-state index is 0.0109. The van der Waals surface area contributed by atoms with Gasteiger partial charge in [-0.2, -0.15) is 0 Å². The number of aromatic amines is 1. The van der Waals surface area contributed by atoms with Gasteiger partial charge in [-0.1, -0.05) is 88.7 Å². The van der Waals surface area contributed by atoms with Crippen LogP contribution < -0.4 is 5.69 Å². The molecule has 8 nitrogen and oxygen atoms in total. The molecular weight excluding hydrogens is 474 g/mol. The van der Waals surface area contributed by atoms with Gasteiger partial charge in [0, 0.05) is 29.7 Å². The molecule has 3 aromatic heterocycles. The number of pyridine rings is 1. The average Bonchev–Trinajstić information content (AvgIpc) is 3.58. The quantitative estimate of drug-likeness (QED) is 0.294. The van der Waals surface area contributed by atoms with E-state index in [1.165, 1.54) is 11.1 Å². The van der Waals surface area contributed by atoms with E-state index in [9.17, 15) is 4.79 Å². The first kappa shape index (κ1) is 25.3. The Balaban J connectivity index is 1.42. The van der Waals surface area contributed by atoms with Crippen LogP contribution in [0.3, 0.4) is 0 Å². The second kappa shape index (κ2) is 10.6. The van der Waals surface area contributed by atoms with Crippen molar-refractivity contribution in [1.82, 2.24) is 34.7 Å². The van der Waals surface area contributed by atoms with Crippen molar-refractivity contribution in [3.8, 4) is 22.5 Å². The smallest absolute Gasteiger partial charge is 0.293 e. The molecule has 0 bridgehead atoms. The predicted molar refractivity (Wildman–Crippen MR) is 149 cm³/mol. The number of H-pyrrole nitrogens is 1. The standard InChI is InChI=1S/C30H33N7O/c1-5-10-27(25-13-8-9-14-26(25)30(2,3)4)37-18-17-36(29(37)38)20-22-16-15-21(19-31-22)23-11-6-7-12-24(23)28-32-34-35-33-28/h6-9,11-19,27H,5,10,20H2,1-4H3,(H,32,33,34,35). The zero-order chi connectivity index (χ0) is 26.7. The molecule has 0 saturated carbocycles. The van der Waals surface area contributed by atoms with Crippen LogP contribution in [0.1, 0.15) is 63.4 Å². The number of rotatable bonds is 8. The van der Waals surface area contributed by atoms with E-state index in [1.807, 2.05) is 59.6 Å². The van der Waals surface area contributed by atoms with Gasteiger partial charge in [0.2, 0.25) is 0 Å². The van der Waals surface area contributed by atoms with Gasteiger partial charge in [-0.3, -0.25) is 14.1 Å². The van der Waals surface area contributed by atoms with Crippen molar-refractivity contribution in [2.24, 2.45) is 0 Å². The predicted octanol–water partition coefficient (Wildman–Crippen LogP) is 5.63. The van der Waals surface area contributed by atoms with Crippen LogP contribution in [-0.4, -0.2) is 34.7 Å². The highest BCUT2D eigenvalue weighted by atomic mass is 16.1. The summed E-state index contributed by atoms with van der Waals surface area (Å²) in [4.78, 5) is 18.2. The Morgan fingerprint density at radius 2 is 1.71 bits per heavy atom. The van der Waals surface area contributed by atoms with E-state index in [4.69, 9.17) is 0 Å². The van der Waals surface area contributed by atoms with Gasteiger partial charge in [0.15, 0.2) is 5.82 Å². The van der Waals surface area contributed by atoms with Crippen molar-refractivity contribution >= 4 is 0 Å². The lowest BCUT2D eigenvalue weighted by Gasteiger charge is -2.28. The SMILES string of the molecule is CCCC(c1ccccc1C(C)(C)C)n1ccn(Cc2ccc(-c3ccccc3-c3nnn[nH]3)cn2)c1=O. The minimum Gasteiger partial charge on any atom is -0.293 e. The van der Waals surface area contributed by atoms with Gasteiger partial charge in [0.1, 0.15) is 0 Å². The third-order valence-corrected chi connectivity index (χ3v) is 6.90. The van der Waals surface area contributed by atoms with Crippen molar-refractivity contribution in [3.63, 3.8) is 0 Å². The molecule has 2 aromatic carbocycles. The fraction of sp³-hybridized carbons (Fsp3) is 0.300. The normalized spacial score (nSPS) is 12.5.